The predicted molar refractivity (Wildman–Crippen MR) is 163 cm³/mol. The third kappa shape index (κ3) is 3.28. The lowest BCUT2D eigenvalue weighted by Gasteiger charge is -2.42. The fourth-order valence-corrected chi connectivity index (χ4v) is 6.95. The van der Waals surface area contributed by atoms with Crippen molar-refractivity contribution in [1.82, 2.24) is 0 Å². The zero-order valence-electron chi connectivity index (χ0n) is 22.3. The van der Waals surface area contributed by atoms with Crippen molar-refractivity contribution in [2.45, 2.75) is 31.7 Å². The van der Waals surface area contributed by atoms with Crippen LogP contribution in [0.15, 0.2) is 115 Å². The molecule has 2 heterocycles. The van der Waals surface area contributed by atoms with Crippen molar-refractivity contribution in [2.24, 2.45) is 0 Å². The van der Waals surface area contributed by atoms with Gasteiger partial charge in [-0.25, -0.2) is 0 Å². The Hall–Kier alpha value is -4.56. The Morgan fingerprint density at radius 3 is 2.31 bits per heavy atom. The van der Waals surface area contributed by atoms with Crippen LogP contribution in [0.2, 0.25) is 0 Å². The van der Waals surface area contributed by atoms with Crippen molar-refractivity contribution in [1.29, 1.82) is 0 Å². The average Bonchev–Trinajstić information content (AvgIpc) is 3.36. The van der Waals surface area contributed by atoms with E-state index in [0.717, 1.165) is 6.42 Å². The summed E-state index contributed by atoms with van der Waals surface area (Å²) >= 11 is 0. The van der Waals surface area contributed by atoms with E-state index in [2.05, 4.69) is 145 Å². The second-order valence-corrected chi connectivity index (χ2v) is 11.4. The van der Waals surface area contributed by atoms with Crippen LogP contribution in [-0.2, 0) is 5.41 Å². The Morgan fingerprint density at radius 1 is 0.692 bits per heavy atom. The minimum atomic E-state index is -0.0943. The number of benzene rings is 5. The number of anilines is 4. The molecule has 39 heavy (non-hydrogen) atoms. The lowest BCUT2D eigenvalue weighted by molar-refractivity contribution is 0.632. The van der Waals surface area contributed by atoms with Crippen LogP contribution in [0.3, 0.4) is 0 Å². The van der Waals surface area contributed by atoms with Crippen molar-refractivity contribution in [3.05, 3.63) is 142 Å². The van der Waals surface area contributed by atoms with Gasteiger partial charge in [0.1, 0.15) is 0 Å². The van der Waals surface area contributed by atoms with Crippen LogP contribution in [0.1, 0.15) is 37.0 Å². The van der Waals surface area contributed by atoms with E-state index in [0.29, 0.717) is 6.04 Å². The molecule has 1 N–H and O–H groups in total. The molecule has 188 valence electrons. The maximum absolute atomic E-state index is 3.78. The first-order valence-corrected chi connectivity index (χ1v) is 13.9. The van der Waals surface area contributed by atoms with Crippen molar-refractivity contribution in [3.8, 4) is 11.1 Å². The number of hydrogen-bond acceptors (Lipinski definition) is 2. The summed E-state index contributed by atoms with van der Waals surface area (Å²) in [6, 6.07) is 42.8. The van der Waals surface area contributed by atoms with Crippen LogP contribution in [0.4, 0.5) is 22.7 Å². The van der Waals surface area contributed by atoms with Crippen LogP contribution in [0.5, 0.6) is 0 Å². The number of hydrogen-bond donors (Lipinski definition) is 1. The molecule has 2 heteroatoms. The van der Waals surface area contributed by atoms with Gasteiger partial charge in [-0.3, -0.25) is 0 Å². The minimum Gasteiger partial charge on any atom is -0.377 e. The van der Waals surface area contributed by atoms with Crippen LogP contribution in [0.25, 0.3) is 22.8 Å². The van der Waals surface area contributed by atoms with E-state index in [4.69, 9.17) is 0 Å². The summed E-state index contributed by atoms with van der Waals surface area (Å²) in [6.07, 6.45) is 3.39. The van der Waals surface area contributed by atoms with E-state index in [-0.39, 0.29) is 5.41 Å². The van der Waals surface area contributed by atoms with Gasteiger partial charge in [0.15, 0.2) is 0 Å². The highest BCUT2D eigenvalue weighted by Gasteiger charge is 2.37. The highest BCUT2D eigenvalue weighted by molar-refractivity contribution is 5.92. The standard InChI is InChI=1S/C37H30N2/c1-37(2)30-14-8-9-15-34(30)39(27-11-4-3-5-12-27)35-23-26(16-19-31(35)37)25-18-20-32-29(22-25)36-28-13-7-6-10-24(28)17-21-33(36)38-32/h3-20,22-23,33,38H,21H2,1-2H3. The Kier molecular flexibility index (Phi) is 4.73. The summed E-state index contributed by atoms with van der Waals surface area (Å²) in [5, 5.41) is 6.48. The minimum absolute atomic E-state index is 0.0943. The van der Waals surface area contributed by atoms with Gasteiger partial charge in [-0.1, -0.05) is 98.8 Å². The third-order valence-electron chi connectivity index (χ3n) is 8.89. The first-order chi connectivity index (χ1) is 19.1. The predicted octanol–water partition coefficient (Wildman–Crippen LogP) is 7.64. The van der Waals surface area contributed by atoms with Crippen LogP contribution in [0, 0.1) is 0 Å². The Labute approximate surface area is 229 Å². The van der Waals surface area contributed by atoms with Crippen molar-refractivity contribution in [2.75, 3.05) is 10.2 Å². The monoisotopic (exact) mass is 502 g/mol. The quantitative estimate of drug-likeness (QED) is 0.267. The van der Waals surface area contributed by atoms with E-state index < -0.39 is 0 Å². The van der Waals surface area contributed by atoms with Gasteiger partial charge >= 0.3 is 0 Å². The van der Waals surface area contributed by atoms with Gasteiger partial charge < -0.3 is 10.2 Å². The van der Waals surface area contributed by atoms with Gasteiger partial charge in [0.05, 0.1) is 17.4 Å². The molecule has 0 bridgehead atoms. The molecular formula is C37H30N2. The first kappa shape index (κ1) is 22.4. The SMILES string of the molecule is CC1(C)c2ccccc2N(c2ccccc2)c2cc(-c3ccc4c(c3)C3=c5ccccc5=CCC3N4)ccc21. The highest BCUT2D eigenvalue weighted by Crippen LogP contribution is 2.52. The van der Waals surface area contributed by atoms with E-state index in [1.807, 2.05) is 0 Å². The molecule has 1 atom stereocenters. The zero-order chi connectivity index (χ0) is 26.1. The molecule has 0 spiro atoms. The molecule has 0 radical (unpaired) electrons. The summed E-state index contributed by atoms with van der Waals surface area (Å²) in [5.74, 6) is 0. The van der Waals surface area contributed by atoms with Crippen molar-refractivity contribution >= 4 is 34.4 Å². The second kappa shape index (κ2) is 8.22. The lowest BCUT2D eigenvalue weighted by Crippen LogP contribution is -2.35. The fourth-order valence-electron chi connectivity index (χ4n) is 6.95. The summed E-state index contributed by atoms with van der Waals surface area (Å²) in [7, 11) is 0. The molecule has 0 aromatic heterocycles. The van der Waals surface area contributed by atoms with Gasteiger partial charge in [0.2, 0.25) is 0 Å². The number of fused-ring (bicyclic) bond motifs is 6. The molecule has 3 aliphatic rings. The molecule has 2 aliphatic heterocycles. The molecule has 0 fully saturated rings. The Bertz CT molecular complexity index is 1900. The maximum Gasteiger partial charge on any atom is 0.0561 e. The first-order valence-electron chi connectivity index (χ1n) is 13.9. The molecular weight excluding hydrogens is 472 g/mol. The average molecular weight is 503 g/mol. The molecule has 5 aromatic carbocycles. The molecule has 1 aliphatic carbocycles. The van der Waals surface area contributed by atoms with Crippen LogP contribution < -0.4 is 20.7 Å². The summed E-state index contributed by atoms with van der Waals surface area (Å²) in [5.41, 5.74) is 12.8. The van der Waals surface area contributed by atoms with Gasteiger partial charge in [-0.2, -0.15) is 0 Å². The fraction of sp³-hybridized carbons (Fsp3) is 0.135. The van der Waals surface area contributed by atoms with Gasteiger partial charge in [-0.15, -0.1) is 0 Å². The maximum atomic E-state index is 3.78. The number of rotatable bonds is 2. The zero-order valence-corrected chi connectivity index (χ0v) is 22.3. The Morgan fingerprint density at radius 2 is 1.41 bits per heavy atom. The molecule has 0 saturated heterocycles. The number of nitrogens with zero attached hydrogens (tertiary/aromatic N) is 1. The molecule has 2 nitrogen and oxygen atoms in total. The van der Waals surface area contributed by atoms with E-state index in [1.165, 1.54) is 66.6 Å². The van der Waals surface area contributed by atoms with E-state index in [9.17, 15) is 0 Å². The highest BCUT2D eigenvalue weighted by atomic mass is 15.2. The van der Waals surface area contributed by atoms with Gasteiger partial charge in [0.25, 0.3) is 0 Å². The smallest absolute Gasteiger partial charge is 0.0561 e. The summed E-state index contributed by atoms with van der Waals surface area (Å²) in [4.78, 5) is 2.44. The van der Waals surface area contributed by atoms with E-state index in [1.54, 1.807) is 0 Å². The molecule has 5 aromatic rings. The summed E-state index contributed by atoms with van der Waals surface area (Å²) in [6.45, 7) is 4.70. The largest absolute Gasteiger partial charge is 0.377 e. The normalized spacial score (nSPS) is 17.6. The number of para-hydroxylation sites is 2. The molecule has 8 rings (SSSR count). The lowest BCUT2D eigenvalue weighted by atomic mass is 9.73. The topological polar surface area (TPSA) is 15.3 Å². The number of nitrogens with one attached hydrogen (secondary N) is 1. The second-order valence-electron chi connectivity index (χ2n) is 11.4. The Balaban J connectivity index is 1.32. The van der Waals surface area contributed by atoms with Gasteiger partial charge in [0, 0.05) is 22.4 Å². The summed E-state index contributed by atoms with van der Waals surface area (Å²) < 4.78 is 0. The van der Waals surface area contributed by atoms with Gasteiger partial charge in [-0.05, 0) is 81.1 Å². The molecule has 1 unspecified atom stereocenters. The molecule has 0 amide bonds. The van der Waals surface area contributed by atoms with Crippen molar-refractivity contribution < 1.29 is 0 Å². The molecule has 0 saturated carbocycles. The third-order valence-corrected chi connectivity index (χ3v) is 8.89. The van der Waals surface area contributed by atoms with Crippen LogP contribution >= 0.6 is 0 Å². The van der Waals surface area contributed by atoms with Crippen LogP contribution in [-0.4, -0.2) is 6.04 Å². The van der Waals surface area contributed by atoms with Crippen molar-refractivity contribution in [3.63, 3.8) is 0 Å². The van der Waals surface area contributed by atoms with E-state index >= 15 is 0 Å².